The van der Waals surface area contributed by atoms with E-state index in [9.17, 15) is 14.3 Å². The third-order valence-corrected chi connectivity index (χ3v) is 3.23. The second kappa shape index (κ2) is 4.34. The molecule has 0 unspecified atom stereocenters. The van der Waals surface area contributed by atoms with Crippen LogP contribution in [0.1, 0.15) is 31.2 Å². The standard InChI is InChI=1S/C13H15FO2/c14-11-5-3-10(4-6-11)9-12(15)13(16)7-1-2-8-13/h3-6,16H,1-2,7-9H2. The Morgan fingerprint density at radius 1 is 1.25 bits per heavy atom. The first-order valence-electron chi connectivity index (χ1n) is 5.60. The lowest BCUT2D eigenvalue weighted by molar-refractivity contribution is -0.136. The number of rotatable bonds is 3. The Balaban J connectivity index is 2.04. The summed E-state index contributed by atoms with van der Waals surface area (Å²) in [4.78, 5) is 11.9. The van der Waals surface area contributed by atoms with Crippen LogP contribution in [0.4, 0.5) is 4.39 Å². The summed E-state index contributed by atoms with van der Waals surface area (Å²) in [5.74, 6) is -0.451. The van der Waals surface area contributed by atoms with Gasteiger partial charge in [0.2, 0.25) is 0 Å². The third-order valence-electron chi connectivity index (χ3n) is 3.23. The van der Waals surface area contributed by atoms with Crippen LogP contribution in [-0.2, 0) is 11.2 Å². The van der Waals surface area contributed by atoms with Gasteiger partial charge in [-0.2, -0.15) is 0 Å². The van der Waals surface area contributed by atoms with Crippen LogP contribution in [0.3, 0.4) is 0 Å². The molecule has 1 aliphatic carbocycles. The molecule has 0 bridgehead atoms. The van der Waals surface area contributed by atoms with Gasteiger partial charge in [0.15, 0.2) is 5.78 Å². The van der Waals surface area contributed by atoms with Gasteiger partial charge in [0, 0.05) is 6.42 Å². The summed E-state index contributed by atoms with van der Waals surface area (Å²) in [5.41, 5.74) is -0.374. The largest absolute Gasteiger partial charge is 0.382 e. The van der Waals surface area contributed by atoms with Gasteiger partial charge in [0.1, 0.15) is 11.4 Å². The van der Waals surface area contributed by atoms with E-state index in [0.29, 0.717) is 12.8 Å². The molecule has 1 aromatic carbocycles. The van der Waals surface area contributed by atoms with Crippen LogP contribution in [0, 0.1) is 5.82 Å². The van der Waals surface area contributed by atoms with Gasteiger partial charge in [-0.1, -0.05) is 12.1 Å². The molecule has 0 heterocycles. The van der Waals surface area contributed by atoms with E-state index in [2.05, 4.69) is 0 Å². The number of hydrogen-bond acceptors (Lipinski definition) is 2. The van der Waals surface area contributed by atoms with Crippen molar-refractivity contribution in [2.75, 3.05) is 0 Å². The lowest BCUT2D eigenvalue weighted by atomic mass is 9.92. The second-order valence-corrected chi connectivity index (χ2v) is 4.47. The van der Waals surface area contributed by atoms with Gasteiger partial charge in [-0.3, -0.25) is 4.79 Å². The van der Waals surface area contributed by atoms with Gasteiger partial charge in [0.25, 0.3) is 0 Å². The van der Waals surface area contributed by atoms with Crippen molar-refractivity contribution < 1.29 is 14.3 Å². The molecule has 3 heteroatoms. The van der Waals surface area contributed by atoms with Crippen LogP contribution in [0.5, 0.6) is 0 Å². The average Bonchev–Trinajstić information content (AvgIpc) is 2.70. The molecule has 0 saturated heterocycles. The molecule has 2 nitrogen and oxygen atoms in total. The molecular weight excluding hydrogens is 207 g/mol. The van der Waals surface area contributed by atoms with Crippen molar-refractivity contribution >= 4 is 5.78 Å². The van der Waals surface area contributed by atoms with E-state index < -0.39 is 5.60 Å². The average molecular weight is 222 g/mol. The number of benzene rings is 1. The Hall–Kier alpha value is -1.22. The molecule has 1 aromatic rings. The summed E-state index contributed by atoms with van der Waals surface area (Å²) >= 11 is 0. The summed E-state index contributed by atoms with van der Waals surface area (Å²) in [6.45, 7) is 0. The molecule has 0 aromatic heterocycles. The van der Waals surface area contributed by atoms with Crippen LogP contribution in [0.25, 0.3) is 0 Å². The molecule has 86 valence electrons. The van der Waals surface area contributed by atoms with E-state index in [1.54, 1.807) is 12.1 Å². The van der Waals surface area contributed by atoms with Gasteiger partial charge < -0.3 is 5.11 Å². The van der Waals surface area contributed by atoms with Gasteiger partial charge in [-0.15, -0.1) is 0 Å². The van der Waals surface area contributed by atoms with Crippen molar-refractivity contribution in [2.24, 2.45) is 0 Å². The van der Waals surface area contributed by atoms with Crippen molar-refractivity contribution in [3.8, 4) is 0 Å². The molecule has 1 saturated carbocycles. The molecular formula is C13H15FO2. The maximum Gasteiger partial charge on any atom is 0.168 e. The number of hydrogen-bond donors (Lipinski definition) is 1. The highest BCUT2D eigenvalue weighted by molar-refractivity contribution is 5.89. The van der Waals surface area contributed by atoms with Crippen LogP contribution in [0.2, 0.25) is 0 Å². The maximum absolute atomic E-state index is 12.7. The van der Waals surface area contributed by atoms with E-state index in [-0.39, 0.29) is 18.0 Å². The highest BCUT2D eigenvalue weighted by Gasteiger charge is 2.37. The van der Waals surface area contributed by atoms with E-state index in [0.717, 1.165) is 18.4 Å². The van der Waals surface area contributed by atoms with Gasteiger partial charge in [0.05, 0.1) is 0 Å². The Labute approximate surface area is 94.1 Å². The topological polar surface area (TPSA) is 37.3 Å². The molecule has 1 fully saturated rings. The van der Waals surface area contributed by atoms with Crippen molar-refractivity contribution in [3.63, 3.8) is 0 Å². The first-order chi connectivity index (χ1) is 7.60. The quantitative estimate of drug-likeness (QED) is 0.851. The molecule has 16 heavy (non-hydrogen) atoms. The van der Waals surface area contributed by atoms with Crippen molar-refractivity contribution in [1.82, 2.24) is 0 Å². The van der Waals surface area contributed by atoms with Crippen LogP contribution < -0.4 is 0 Å². The Bertz CT molecular complexity index is 377. The third kappa shape index (κ3) is 2.30. The molecule has 2 rings (SSSR count). The minimum Gasteiger partial charge on any atom is -0.382 e. The zero-order valence-electron chi connectivity index (χ0n) is 9.08. The predicted octanol–water partition coefficient (Wildman–Crippen LogP) is 2.24. The summed E-state index contributed by atoms with van der Waals surface area (Å²) < 4.78 is 12.7. The zero-order chi connectivity index (χ0) is 11.6. The number of halogens is 1. The fourth-order valence-electron chi connectivity index (χ4n) is 2.19. The lowest BCUT2D eigenvalue weighted by Crippen LogP contribution is -2.36. The van der Waals surface area contributed by atoms with Crippen LogP contribution in [-0.4, -0.2) is 16.5 Å². The van der Waals surface area contributed by atoms with Crippen molar-refractivity contribution in [1.29, 1.82) is 0 Å². The Kier molecular flexibility index (Phi) is 3.06. The minimum absolute atomic E-state index is 0.142. The Morgan fingerprint density at radius 2 is 1.81 bits per heavy atom. The number of Topliss-reactive ketones (excluding diaryl/α,β-unsaturated/α-hetero) is 1. The van der Waals surface area contributed by atoms with Crippen molar-refractivity contribution in [3.05, 3.63) is 35.6 Å². The van der Waals surface area contributed by atoms with E-state index in [4.69, 9.17) is 0 Å². The van der Waals surface area contributed by atoms with Gasteiger partial charge in [-0.05, 0) is 43.4 Å². The van der Waals surface area contributed by atoms with E-state index >= 15 is 0 Å². The number of ketones is 1. The highest BCUT2D eigenvalue weighted by atomic mass is 19.1. The normalized spacial score (nSPS) is 18.6. The number of carbonyl (C=O) groups is 1. The molecule has 0 amide bonds. The smallest absolute Gasteiger partial charge is 0.168 e. The number of aliphatic hydroxyl groups is 1. The molecule has 0 radical (unpaired) electrons. The van der Waals surface area contributed by atoms with Gasteiger partial charge in [-0.25, -0.2) is 4.39 Å². The number of carbonyl (C=O) groups excluding carboxylic acids is 1. The minimum atomic E-state index is -1.13. The summed E-state index contributed by atoms with van der Waals surface area (Å²) in [5, 5.41) is 10.1. The van der Waals surface area contributed by atoms with E-state index in [1.165, 1.54) is 12.1 Å². The summed E-state index contributed by atoms with van der Waals surface area (Å²) in [6, 6.07) is 5.85. The fourth-order valence-corrected chi connectivity index (χ4v) is 2.19. The summed E-state index contributed by atoms with van der Waals surface area (Å²) in [6.07, 6.45) is 3.13. The molecule has 1 aliphatic rings. The SMILES string of the molecule is O=C(Cc1ccc(F)cc1)C1(O)CCCC1. The van der Waals surface area contributed by atoms with Crippen molar-refractivity contribution in [2.45, 2.75) is 37.7 Å². The fraction of sp³-hybridized carbons (Fsp3) is 0.462. The monoisotopic (exact) mass is 222 g/mol. The first kappa shape index (κ1) is 11.3. The molecule has 0 aliphatic heterocycles. The van der Waals surface area contributed by atoms with E-state index in [1.807, 2.05) is 0 Å². The molecule has 0 atom stereocenters. The second-order valence-electron chi connectivity index (χ2n) is 4.47. The predicted molar refractivity (Wildman–Crippen MR) is 58.5 cm³/mol. The lowest BCUT2D eigenvalue weighted by Gasteiger charge is -2.20. The zero-order valence-corrected chi connectivity index (χ0v) is 9.08. The Morgan fingerprint density at radius 3 is 2.38 bits per heavy atom. The van der Waals surface area contributed by atoms with Crippen LogP contribution in [0.15, 0.2) is 24.3 Å². The molecule has 0 spiro atoms. The molecule has 1 N–H and O–H groups in total. The summed E-state index contributed by atoms with van der Waals surface area (Å²) in [7, 11) is 0. The maximum atomic E-state index is 12.7. The van der Waals surface area contributed by atoms with Crippen LogP contribution >= 0.6 is 0 Å². The highest BCUT2D eigenvalue weighted by Crippen LogP contribution is 2.31. The van der Waals surface area contributed by atoms with Gasteiger partial charge >= 0.3 is 0 Å². The first-order valence-corrected chi connectivity index (χ1v) is 5.60.